The Hall–Kier alpha value is -3.62. The van der Waals surface area contributed by atoms with Crippen molar-refractivity contribution in [3.8, 4) is 5.69 Å². The molecule has 3 rings (SSSR count). The summed E-state index contributed by atoms with van der Waals surface area (Å²) in [6.07, 6.45) is 1.24. The summed E-state index contributed by atoms with van der Waals surface area (Å²) in [4.78, 5) is 25.0. The standard InChI is InChI=1S/C20H17F3N4O2/c1-11-13(10-25-27(11)17-6-4-3-5-15(17)22)19(28)26-18(20(29)24-2)12-7-8-14(21)16(23)9-12/h3-10,18H,1-2H3,(H,24,29)(H,26,28). The van der Waals surface area contributed by atoms with Gasteiger partial charge in [-0.2, -0.15) is 5.10 Å². The number of rotatable bonds is 5. The predicted octanol–water partition coefficient (Wildman–Crippen LogP) is 2.82. The maximum atomic E-state index is 14.0. The Morgan fingerprint density at radius 2 is 1.76 bits per heavy atom. The summed E-state index contributed by atoms with van der Waals surface area (Å²) in [6, 6.07) is 7.57. The van der Waals surface area contributed by atoms with Crippen molar-refractivity contribution in [2.45, 2.75) is 13.0 Å². The molecule has 29 heavy (non-hydrogen) atoms. The first-order valence-electron chi connectivity index (χ1n) is 8.60. The number of amides is 2. The molecule has 2 aromatic carbocycles. The van der Waals surface area contributed by atoms with Crippen molar-refractivity contribution in [2.75, 3.05) is 7.05 Å². The van der Waals surface area contributed by atoms with Gasteiger partial charge in [0.25, 0.3) is 5.91 Å². The van der Waals surface area contributed by atoms with E-state index in [1.54, 1.807) is 13.0 Å². The van der Waals surface area contributed by atoms with Crippen LogP contribution in [-0.4, -0.2) is 28.6 Å². The Morgan fingerprint density at radius 3 is 2.41 bits per heavy atom. The molecule has 3 aromatic rings. The number of hydrogen-bond acceptors (Lipinski definition) is 3. The molecule has 0 aliphatic carbocycles. The van der Waals surface area contributed by atoms with E-state index >= 15 is 0 Å². The van der Waals surface area contributed by atoms with Crippen LogP contribution in [0.3, 0.4) is 0 Å². The summed E-state index contributed by atoms with van der Waals surface area (Å²) >= 11 is 0. The first-order chi connectivity index (χ1) is 13.8. The minimum absolute atomic E-state index is 0.0655. The predicted molar refractivity (Wildman–Crippen MR) is 98.9 cm³/mol. The molecule has 2 N–H and O–H groups in total. The Balaban J connectivity index is 1.92. The molecule has 0 saturated heterocycles. The van der Waals surface area contributed by atoms with Gasteiger partial charge in [-0.05, 0) is 36.8 Å². The van der Waals surface area contributed by atoms with Crippen LogP contribution in [0.1, 0.15) is 27.7 Å². The Bertz CT molecular complexity index is 1080. The minimum atomic E-state index is -1.26. The Kier molecular flexibility index (Phi) is 5.67. The highest BCUT2D eigenvalue weighted by molar-refractivity contribution is 5.98. The molecule has 1 unspecified atom stereocenters. The highest BCUT2D eigenvalue weighted by Crippen LogP contribution is 2.20. The van der Waals surface area contributed by atoms with Gasteiger partial charge in [0, 0.05) is 7.05 Å². The zero-order chi connectivity index (χ0) is 21.1. The average molecular weight is 402 g/mol. The van der Waals surface area contributed by atoms with Gasteiger partial charge >= 0.3 is 0 Å². The molecular formula is C20H17F3N4O2. The molecule has 1 heterocycles. The summed E-state index contributed by atoms with van der Waals surface area (Å²) in [5.74, 6) is -4.03. The van der Waals surface area contributed by atoms with E-state index < -0.39 is 35.3 Å². The van der Waals surface area contributed by atoms with Crippen molar-refractivity contribution in [1.82, 2.24) is 20.4 Å². The third-order valence-corrected chi connectivity index (χ3v) is 4.40. The van der Waals surface area contributed by atoms with Crippen LogP contribution in [0.15, 0.2) is 48.7 Å². The third kappa shape index (κ3) is 3.98. The fourth-order valence-corrected chi connectivity index (χ4v) is 2.84. The van der Waals surface area contributed by atoms with Gasteiger partial charge in [-0.1, -0.05) is 18.2 Å². The molecule has 0 spiro atoms. The van der Waals surface area contributed by atoms with Crippen LogP contribution in [0.5, 0.6) is 0 Å². The van der Waals surface area contributed by atoms with E-state index in [-0.39, 0.29) is 16.8 Å². The van der Waals surface area contributed by atoms with Crippen LogP contribution in [0, 0.1) is 24.4 Å². The molecule has 0 fully saturated rings. The summed E-state index contributed by atoms with van der Waals surface area (Å²) in [5, 5.41) is 8.89. The summed E-state index contributed by atoms with van der Waals surface area (Å²) in [5.41, 5.74) is 0.668. The number of halogens is 3. The third-order valence-electron chi connectivity index (χ3n) is 4.40. The summed E-state index contributed by atoms with van der Waals surface area (Å²) in [6.45, 7) is 1.57. The molecule has 6 nitrogen and oxygen atoms in total. The highest BCUT2D eigenvalue weighted by Gasteiger charge is 2.25. The molecule has 1 aromatic heterocycles. The van der Waals surface area contributed by atoms with Gasteiger partial charge in [-0.15, -0.1) is 0 Å². The molecule has 150 valence electrons. The fourth-order valence-electron chi connectivity index (χ4n) is 2.84. The lowest BCUT2D eigenvalue weighted by atomic mass is 10.0. The summed E-state index contributed by atoms with van der Waals surface area (Å²) in [7, 11) is 1.35. The monoisotopic (exact) mass is 402 g/mol. The maximum absolute atomic E-state index is 14.0. The quantitative estimate of drug-likeness (QED) is 0.689. The van der Waals surface area contributed by atoms with E-state index in [0.29, 0.717) is 5.69 Å². The largest absolute Gasteiger partial charge is 0.357 e. The van der Waals surface area contributed by atoms with Gasteiger partial charge in [0.15, 0.2) is 11.6 Å². The highest BCUT2D eigenvalue weighted by atomic mass is 19.2. The fraction of sp³-hybridized carbons (Fsp3) is 0.150. The number of para-hydroxylation sites is 1. The molecular weight excluding hydrogens is 385 g/mol. The topological polar surface area (TPSA) is 76.0 Å². The first-order valence-corrected chi connectivity index (χ1v) is 8.60. The zero-order valence-corrected chi connectivity index (χ0v) is 15.5. The van der Waals surface area contributed by atoms with E-state index in [0.717, 1.165) is 12.1 Å². The lowest BCUT2D eigenvalue weighted by Crippen LogP contribution is -2.39. The van der Waals surface area contributed by atoms with Crippen molar-refractivity contribution in [2.24, 2.45) is 0 Å². The molecule has 0 radical (unpaired) electrons. The molecule has 9 heteroatoms. The van der Waals surface area contributed by atoms with Crippen molar-refractivity contribution in [3.05, 3.63) is 82.9 Å². The smallest absolute Gasteiger partial charge is 0.255 e. The molecule has 0 saturated carbocycles. The number of carbonyl (C=O) groups is 2. The summed E-state index contributed by atoms with van der Waals surface area (Å²) < 4.78 is 42.1. The molecule has 0 aliphatic rings. The number of nitrogens with zero attached hydrogens (tertiary/aromatic N) is 2. The second kappa shape index (κ2) is 8.17. The number of nitrogens with one attached hydrogen (secondary N) is 2. The van der Waals surface area contributed by atoms with E-state index in [2.05, 4.69) is 15.7 Å². The first kappa shape index (κ1) is 20.1. The van der Waals surface area contributed by atoms with Gasteiger partial charge in [-0.3, -0.25) is 9.59 Å². The second-order valence-electron chi connectivity index (χ2n) is 6.20. The van der Waals surface area contributed by atoms with Crippen LogP contribution in [0.25, 0.3) is 5.69 Å². The second-order valence-corrected chi connectivity index (χ2v) is 6.20. The van der Waals surface area contributed by atoms with Crippen molar-refractivity contribution in [1.29, 1.82) is 0 Å². The maximum Gasteiger partial charge on any atom is 0.255 e. The molecule has 0 aliphatic heterocycles. The van der Waals surface area contributed by atoms with Crippen LogP contribution in [0.2, 0.25) is 0 Å². The van der Waals surface area contributed by atoms with E-state index in [1.807, 2.05) is 0 Å². The van der Waals surface area contributed by atoms with Crippen molar-refractivity contribution < 1.29 is 22.8 Å². The lowest BCUT2D eigenvalue weighted by molar-refractivity contribution is -0.122. The van der Waals surface area contributed by atoms with Gasteiger partial charge in [0.2, 0.25) is 5.91 Å². The molecule has 2 amide bonds. The number of carbonyl (C=O) groups excluding carboxylic acids is 2. The molecule has 0 bridgehead atoms. The van der Waals surface area contributed by atoms with Crippen LogP contribution in [-0.2, 0) is 4.79 Å². The lowest BCUT2D eigenvalue weighted by Gasteiger charge is -2.18. The number of aromatic nitrogens is 2. The van der Waals surface area contributed by atoms with E-state index in [1.165, 1.54) is 42.2 Å². The van der Waals surface area contributed by atoms with Crippen LogP contribution in [0.4, 0.5) is 13.2 Å². The SMILES string of the molecule is CNC(=O)C(NC(=O)c1cnn(-c2ccccc2F)c1C)c1ccc(F)c(F)c1. The normalized spacial score (nSPS) is 11.8. The molecule has 1 atom stereocenters. The van der Waals surface area contributed by atoms with Crippen molar-refractivity contribution >= 4 is 11.8 Å². The van der Waals surface area contributed by atoms with Gasteiger partial charge in [-0.25, -0.2) is 17.9 Å². The average Bonchev–Trinajstić information content (AvgIpc) is 3.09. The number of likely N-dealkylation sites (N-methyl/N-ethyl adjacent to an activating group) is 1. The van der Waals surface area contributed by atoms with Crippen LogP contribution >= 0.6 is 0 Å². The van der Waals surface area contributed by atoms with Gasteiger partial charge in [0.05, 0.1) is 17.5 Å². The van der Waals surface area contributed by atoms with E-state index in [4.69, 9.17) is 0 Å². The number of hydrogen-bond donors (Lipinski definition) is 2. The van der Waals surface area contributed by atoms with Gasteiger partial charge < -0.3 is 10.6 Å². The van der Waals surface area contributed by atoms with Crippen molar-refractivity contribution in [3.63, 3.8) is 0 Å². The Morgan fingerprint density at radius 1 is 1.03 bits per heavy atom. The van der Waals surface area contributed by atoms with Crippen LogP contribution < -0.4 is 10.6 Å². The van der Waals surface area contributed by atoms with E-state index in [9.17, 15) is 22.8 Å². The Labute approximate surface area is 164 Å². The minimum Gasteiger partial charge on any atom is -0.357 e. The van der Waals surface area contributed by atoms with Gasteiger partial charge in [0.1, 0.15) is 17.5 Å². The zero-order valence-electron chi connectivity index (χ0n) is 15.5. The number of benzene rings is 2.